The average Bonchev–Trinajstić information content (AvgIpc) is 2.67. The Kier molecular flexibility index (Phi) is 5.78. The molecule has 1 N–H and O–H groups in total. The zero-order chi connectivity index (χ0) is 19.4. The molecule has 7 heteroatoms. The van der Waals surface area contributed by atoms with Gasteiger partial charge in [0.2, 0.25) is 11.9 Å². The molecule has 0 aliphatic carbocycles. The summed E-state index contributed by atoms with van der Waals surface area (Å²) in [6.07, 6.45) is 1.78. The number of anilines is 2. The Labute approximate surface area is 159 Å². The van der Waals surface area contributed by atoms with Crippen molar-refractivity contribution in [3.05, 3.63) is 35.7 Å². The van der Waals surface area contributed by atoms with Crippen LogP contribution in [0.25, 0.3) is 0 Å². The first-order chi connectivity index (χ1) is 13.0. The maximum Gasteiger partial charge on any atom is 0.229 e. The van der Waals surface area contributed by atoms with Gasteiger partial charge in [0.25, 0.3) is 0 Å². The fraction of sp³-hybridized carbons (Fsp3) is 0.450. The zero-order valence-electron chi connectivity index (χ0n) is 16.3. The first-order valence-electron chi connectivity index (χ1n) is 9.10. The number of methoxy groups -OCH3 is 2. The van der Waals surface area contributed by atoms with E-state index in [1.54, 1.807) is 26.4 Å². The van der Waals surface area contributed by atoms with Gasteiger partial charge in [0.1, 0.15) is 0 Å². The molecular weight excluding hydrogens is 344 g/mol. The molecule has 0 saturated carbocycles. The van der Waals surface area contributed by atoms with Gasteiger partial charge in [-0.2, -0.15) is 0 Å². The Morgan fingerprint density at radius 1 is 1.11 bits per heavy atom. The highest BCUT2D eigenvalue weighted by Crippen LogP contribution is 2.30. The Morgan fingerprint density at radius 3 is 2.48 bits per heavy atom. The number of carbonyl (C=O) groups excluding carboxylic acids is 1. The van der Waals surface area contributed by atoms with Crippen LogP contribution in [0.4, 0.5) is 11.6 Å². The molecule has 1 aromatic carbocycles. The fourth-order valence-electron chi connectivity index (χ4n) is 3.38. The maximum absolute atomic E-state index is 12.8. The summed E-state index contributed by atoms with van der Waals surface area (Å²) >= 11 is 0. The summed E-state index contributed by atoms with van der Waals surface area (Å²) in [7, 11) is 3.16. The third-order valence-electron chi connectivity index (χ3n) is 4.70. The highest BCUT2D eigenvalue weighted by molar-refractivity contribution is 5.93. The Morgan fingerprint density at radius 2 is 1.81 bits per heavy atom. The van der Waals surface area contributed by atoms with Gasteiger partial charge in [-0.25, -0.2) is 9.97 Å². The summed E-state index contributed by atoms with van der Waals surface area (Å²) in [6.45, 7) is 5.40. The maximum atomic E-state index is 12.8. The van der Waals surface area contributed by atoms with Gasteiger partial charge in [-0.1, -0.05) is 0 Å². The monoisotopic (exact) mass is 370 g/mol. The minimum atomic E-state index is -0.115. The third kappa shape index (κ3) is 4.48. The SMILES string of the molecule is COc1ccc(NC(=O)[C@@H]2CCCN(c3nc(C)cc(C)n3)C2)cc1OC. The molecule has 1 saturated heterocycles. The summed E-state index contributed by atoms with van der Waals surface area (Å²) in [5.74, 6) is 1.80. The number of piperidine rings is 1. The number of carbonyl (C=O) groups is 1. The van der Waals surface area contributed by atoms with Crippen molar-refractivity contribution in [2.75, 3.05) is 37.5 Å². The Hall–Kier alpha value is -2.83. The van der Waals surface area contributed by atoms with Crippen LogP contribution in [0.1, 0.15) is 24.2 Å². The van der Waals surface area contributed by atoms with E-state index in [2.05, 4.69) is 20.2 Å². The number of aromatic nitrogens is 2. The molecule has 0 spiro atoms. The standard InChI is InChI=1S/C20H26N4O3/c1-13-10-14(2)22-20(21-13)24-9-5-6-15(12-24)19(25)23-16-7-8-17(26-3)18(11-16)27-4/h7-8,10-11,15H,5-6,9,12H2,1-4H3,(H,23,25)/t15-/m1/s1. The number of hydrogen-bond donors (Lipinski definition) is 1. The molecule has 0 radical (unpaired) electrons. The molecule has 0 unspecified atom stereocenters. The van der Waals surface area contributed by atoms with Crippen molar-refractivity contribution in [2.24, 2.45) is 5.92 Å². The van der Waals surface area contributed by atoms with Crippen LogP contribution < -0.4 is 19.7 Å². The summed E-state index contributed by atoms with van der Waals surface area (Å²) in [6, 6.07) is 7.32. The van der Waals surface area contributed by atoms with Gasteiger partial charge in [-0.05, 0) is 44.9 Å². The minimum absolute atomic E-state index is 0.00343. The molecule has 27 heavy (non-hydrogen) atoms. The van der Waals surface area contributed by atoms with Crippen LogP contribution in [0.2, 0.25) is 0 Å². The first-order valence-corrected chi connectivity index (χ1v) is 9.10. The van der Waals surface area contributed by atoms with E-state index in [9.17, 15) is 4.79 Å². The van der Waals surface area contributed by atoms with Crippen LogP contribution in [-0.4, -0.2) is 43.2 Å². The highest BCUT2D eigenvalue weighted by Gasteiger charge is 2.27. The minimum Gasteiger partial charge on any atom is -0.493 e. The van der Waals surface area contributed by atoms with E-state index >= 15 is 0 Å². The van der Waals surface area contributed by atoms with Crippen molar-refractivity contribution in [1.29, 1.82) is 0 Å². The van der Waals surface area contributed by atoms with Crippen LogP contribution in [0.5, 0.6) is 11.5 Å². The Balaban J connectivity index is 1.70. The largest absolute Gasteiger partial charge is 0.493 e. The molecule has 1 fully saturated rings. The van der Waals surface area contributed by atoms with E-state index < -0.39 is 0 Å². The second kappa shape index (κ2) is 8.24. The lowest BCUT2D eigenvalue weighted by molar-refractivity contribution is -0.120. The molecule has 3 rings (SSSR count). The van der Waals surface area contributed by atoms with Gasteiger partial charge >= 0.3 is 0 Å². The number of nitrogens with zero attached hydrogens (tertiary/aromatic N) is 3. The van der Waals surface area contributed by atoms with Crippen molar-refractivity contribution in [1.82, 2.24) is 9.97 Å². The molecule has 0 bridgehead atoms. The molecule has 1 amide bonds. The number of ether oxygens (including phenoxy) is 2. The van der Waals surface area contributed by atoms with Gasteiger partial charge < -0.3 is 19.7 Å². The van der Waals surface area contributed by atoms with Gasteiger partial charge in [0.05, 0.1) is 20.1 Å². The van der Waals surface area contributed by atoms with Crippen molar-refractivity contribution >= 4 is 17.5 Å². The van der Waals surface area contributed by atoms with Crippen LogP contribution in [-0.2, 0) is 4.79 Å². The molecule has 1 aliphatic rings. The van der Waals surface area contributed by atoms with Gasteiger partial charge in [-0.3, -0.25) is 4.79 Å². The van der Waals surface area contributed by atoms with Crippen LogP contribution in [0, 0.1) is 19.8 Å². The first kappa shape index (κ1) is 18.9. The second-order valence-electron chi connectivity index (χ2n) is 6.79. The highest BCUT2D eigenvalue weighted by atomic mass is 16.5. The van der Waals surface area contributed by atoms with Crippen molar-refractivity contribution in [3.63, 3.8) is 0 Å². The lowest BCUT2D eigenvalue weighted by Gasteiger charge is -2.32. The molecular formula is C20H26N4O3. The molecule has 1 atom stereocenters. The van der Waals surface area contributed by atoms with E-state index in [0.717, 1.165) is 30.8 Å². The van der Waals surface area contributed by atoms with E-state index in [1.165, 1.54) is 0 Å². The average molecular weight is 370 g/mol. The third-order valence-corrected chi connectivity index (χ3v) is 4.70. The van der Waals surface area contributed by atoms with Gasteiger partial charge in [0, 0.05) is 36.2 Å². The summed E-state index contributed by atoms with van der Waals surface area (Å²) in [5.41, 5.74) is 2.57. The zero-order valence-corrected chi connectivity index (χ0v) is 16.3. The molecule has 144 valence electrons. The topological polar surface area (TPSA) is 76.6 Å². The molecule has 1 aliphatic heterocycles. The number of rotatable bonds is 5. The van der Waals surface area contributed by atoms with E-state index in [1.807, 2.05) is 26.0 Å². The molecule has 1 aromatic heterocycles. The quantitative estimate of drug-likeness (QED) is 0.872. The van der Waals surface area contributed by atoms with E-state index in [-0.39, 0.29) is 11.8 Å². The van der Waals surface area contributed by atoms with Crippen molar-refractivity contribution in [3.8, 4) is 11.5 Å². The molecule has 7 nitrogen and oxygen atoms in total. The number of benzene rings is 1. The van der Waals surface area contributed by atoms with E-state index in [4.69, 9.17) is 9.47 Å². The van der Waals surface area contributed by atoms with Crippen LogP contribution >= 0.6 is 0 Å². The number of hydrogen-bond acceptors (Lipinski definition) is 6. The van der Waals surface area contributed by atoms with Crippen molar-refractivity contribution in [2.45, 2.75) is 26.7 Å². The van der Waals surface area contributed by atoms with Crippen LogP contribution in [0.3, 0.4) is 0 Å². The predicted octanol–water partition coefficient (Wildman–Crippen LogP) is 2.97. The number of nitrogens with one attached hydrogen (secondary N) is 1. The predicted molar refractivity (Wildman–Crippen MR) is 105 cm³/mol. The molecule has 2 aromatic rings. The van der Waals surface area contributed by atoms with Gasteiger partial charge in [-0.15, -0.1) is 0 Å². The van der Waals surface area contributed by atoms with Crippen molar-refractivity contribution < 1.29 is 14.3 Å². The number of aryl methyl sites for hydroxylation is 2. The normalized spacial score (nSPS) is 16.7. The molecule has 2 heterocycles. The number of amides is 1. The van der Waals surface area contributed by atoms with E-state index in [0.29, 0.717) is 29.7 Å². The summed E-state index contributed by atoms with van der Waals surface area (Å²) in [5, 5.41) is 2.99. The second-order valence-corrected chi connectivity index (χ2v) is 6.79. The van der Waals surface area contributed by atoms with Gasteiger partial charge in [0.15, 0.2) is 11.5 Å². The summed E-state index contributed by atoms with van der Waals surface area (Å²) in [4.78, 5) is 23.9. The smallest absolute Gasteiger partial charge is 0.229 e. The lowest BCUT2D eigenvalue weighted by Crippen LogP contribution is -2.41. The lowest BCUT2D eigenvalue weighted by atomic mass is 9.97. The fourth-order valence-corrected chi connectivity index (χ4v) is 3.38. The van der Waals surface area contributed by atoms with Crippen LogP contribution in [0.15, 0.2) is 24.3 Å². The Bertz CT molecular complexity index is 805. The summed E-state index contributed by atoms with van der Waals surface area (Å²) < 4.78 is 10.5.